The van der Waals surface area contributed by atoms with Gasteiger partial charge in [0.2, 0.25) is 0 Å². The summed E-state index contributed by atoms with van der Waals surface area (Å²) in [6.07, 6.45) is 0.437. The molecule has 0 saturated heterocycles. The van der Waals surface area contributed by atoms with Gasteiger partial charge in [-0.1, -0.05) is 48.5 Å². The van der Waals surface area contributed by atoms with Crippen molar-refractivity contribution >= 4 is 11.9 Å². The maximum atomic E-state index is 12.8. The Morgan fingerprint density at radius 1 is 0.958 bits per heavy atom. The molecule has 0 aliphatic heterocycles. The number of esters is 1. The van der Waals surface area contributed by atoms with Crippen LogP contribution in [-0.2, 0) is 16.0 Å². The zero-order valence-corrected chi connectivity index (χ0v) is 14.1. The maximum absolute atomic E-state index is 12.8. The van der Waals surface area contributed by atoms with Crippen LogP contribution in [0.15, 0.2) is 60.7 Å². The number of likely N-dealkylation sites (N-methyl/N-ethyl adjacent to an activating group) is 1. The van der Waals surface area contributed by atoms with E-state index in [1.807, 2.05) is 55.5 Å². The van der Waals surface area contributed by atoms with Crippen molar-refractivity contribution in [1.29, 1.82) is 0 Å². The summed E-state index contributed by atoms with van der Waals surface area (Å²) in [5.41, 5.74) is 1.57. The van der Waals surface area contributed by atoms with Gasteiger partial charge in [-0.25, -0.2) is 4.79 Å². The highest BCUT2D eigenvalue weighted by atomic mass is 16.5. The second-order valence-electron chi connectivity index (χ2n) is 5.41. The van der Waals surface area contributed by atoms with E-state index < -0.39 is 6.04 Å². The third-order valence-electron chi connectivity index (χ3n) is 3.83. The van der Waals surface area contributed by atoms with Crippen LogP contribution < -0.4 is 0 Å². The minimum Gasteiger partial charge on any atom is -0.464 e. The Kier molecular flexibility index (Phi) is 6.55. The van der Waals surface area contributed by atoms with E-state index in [4.69, 9.17) is 4.74 Å². The van der Waals surface area contributed by atoms with Crippen molar-refractivity contribution in [3.8, 4) is 0 Å². The average Bonchev–Trinajstić information content (AvgIpc) is 2.63. The Morgan fingerprint density at radius 2 is 1.54 bits per heavy atom. The normalized spacial score (nSPS) is 11.6. The van der Waals surface area contributed by atoms with Crippen molar-refractivity contribution in [2.45, 2.75) is 26.3 Å². The van der Waals surface area contributed by atoms with Crippen LogP contribution in [0.5, 0.6) is 0 Å². The number of nitrogens with zero attached hydrogens (tertiary/aromatic N) is 1. The fourth-order valence-corrected chi connectivity index (χ4v) is 2.65. The molecule has 2 rings (SSSR count). The summed E-state index contributed by atoms with van der Waals surface area (Å²) in [7, 11) is 0. The van der Waals surface area contributed by atoms with Crippen LogP contribution in [0.2, 0.25) is 0 Å². The van der Waals surface area contributed by atoms with Gasteiger partial charge in [-0.3, -0.25) is 4.79 Å². The minimum absolute atomic E-state index is 0.160. The van der Waals surface area contributed by atoms with Gasteiger partial charge in [0.15, 0.2) is 0 Å². The molecular weight excluding hydrogens is 302 g/mol. The van der Waals surface area contributed by atoms with E-state index in [1.54, 1.807) is 24.0 Å². The van der Waals surface area contributed by atoms with E-state index in [1.165, 1.54) is 0 Å². The molecule has 0 heterocycles. The maximum Gasteiger partial charge on any atom is 0.329 e. The van der Waals surface area contributed by atoms with Crippen LogP contribution in [0.4, 0.5) is 0 Å². The first-order valence-electron chi connectivity index (χ1n) is 8.24. The van der Waals surface area contributed by atoms with E-state index in [9.17, 15) is 9.59 Å². The molecule has 2 aromatic rings. The molecule has 126 valence electrons. The van der Waals surface area contributed by atoms with Crippen molar-refractivity contribution < 1.29 is 14.3 Å². The number of benzene rings is 2. The molecule has 0 aliphatic carbocycles. The van der Waals surface area contributed by atoms with Crippen LogP contribution in [0.3, 0.4) is 0 Å². The topological polar surface area (TPSA) is 46.6 Å². The zero-order chi connectivity index (χ0) is 17.4. The Hall–Kier alpha value is -2.62. The third-order valence-corrected chi connectivity index (χ3v) is 3.83. The van der Waals surface area contributed by atoms with Gasteiger partial charge in [0, 0.05) is 18.5 Å². The fourth-order valence-electron chi connectivity index (χ4n) is 2.65. The van der Waals surface area contributed by atoms with Crippen LogP contribution in [0.25, 0.3) is 0 Å². The molecule has 4 nitrogen and oxygen atoms in total. The van der Waals surface area contributed by atoms with E-state index >= 15 is 0 Å². The highest BCUT2D eigenvalue weighted by Gasteiger charge is 2.30. The number of carbonyl (C=O) groups excluding carboxylic acids is 2. The summed E-state index contributed by atoms with van der Waals surface area (Å²) in [6, 6.07) is 18.1. The molecule has 1 amide bonds. The first kappa shape index (κ1) is 17.7. The van der Waals surface area contributed by atoms with Crippen molar-refractivity contribution in [3.63, 3.8) is 0 Å². The first-order valence-corrected chi connectivity index (χ1v) is 8.24. The SMILES string of the molecule is CCOC(=O)C(Cc1ccccc1)N(CC)C(=O)c1ccccc1. The predicted octanol–water partition coefficient (Wildman–Crippen LogP) is 3.32. The Morgan fingerprint density at radius 3 is 2.08 bits per heavy atom. The van der Waals surface area contributed by atoms with Crippen LogP contribution in [0, 0.1) is 0 Å². The predicted molar refractivity (Wildman–Crippen MR) is 93.7 cm³/mol. The number of carbonyl (C=O) groups is 2. The number of ether oxygens (including phenoxy) is 1. The lowest BCUT2D eigenvalue weighted by Crippen LogP contribution is -2.47. The monoisotopic (exact) mass is 325 g/mol. The van der Waals surface area contributed by atoms with Crippen molar-refractivity contribution in [2.75, 3.05) is 13.2 Å². The summed E-state index contributed by atoms with van der Waals surface area (Å²) in [5.74, 6) is -0.528. The van der Waals surface area contributed by atoms with E-state index in [0.717, 1.165) is 5.56 Å². The molecule has 0 saturated carbocycles. The Bertz CT molecular complexity index is 655. The number of hydrogen-bond donors (Lipinski definition) is 0. The summed E-state index contributed by atoms with van der Waals surface area (Å²) in [6.45, 7) is 4.37. The molecule has 0 bridgehead atoms. The van der Waals surface area contributed by atoms with Crippen LogP contribution >= 0.6 is 0 Å². The molecule has 1 unspecified atom stereocenters. The second-order valence-corrected chi connectivity index (χ2v) is 5.41. The highest BCUT2D eigenvalue weighted by molar-refractivity contribution is 5.96. The van der Waals surface area contributed by atoms with Gasteiger partial charge in [0.25, 0.3) is 5.91 Å². The molecule has 2 aromatic carbocycles. The quantitative estimate of drug-likeness (QED) is 0.734. The van der Waals surface area contributed by atoms with Crippen molar-refractivity contribution in [2.24, 2.45) is 0 Å². The van der Waals surface area contributed by atoms with Gasteiger partial charge < -0.3 is 9.64 Å². The minimum atomic E-state index is -0.634. The molecule has 0 fully saturated rings. The van der Waals surface area contributed by atoms with Gasteiger partial charge in [-0.15, -0.1) is 0 Å². The lowest BCUT2D eigenvalue weighted by Gasteiger charge is -2.29. The van der Waals surface area contributed by atoms with E-state index in [0.29, 0.717) is 25.1 Å². The number of amides is 1. The lowest BCUT2D eigenvalue weighted by molar-refractivity contribution is -0.148. The fraction of sp³-hybridized carbons (Fsp3) is 0.300. The molecule has 0 aromatic heterocycles. The summed E-state index contributed by atoms with van der Waals surface area (Å²) >= 11 is 0. The summed E-state index contributed by atoms with van der Waals surface area (Å²) in [5, 5.41) is 0. The molecule has 24 heavy (non-hydrogen) atoms. The van der Waals surface area contributed by atoms with Gasteiger partial charge in [-0.2, -0.15) is 0 Å². The number of hydrogen-bond acceptors (Lipinski definition) is 3. The van der Waals surface area contributed by atoms with Gasteiger partial charge >= 0.3 is 5.97 Å². The molecule has 0 N–H and O–H groups in total. The Balaban J connectivity index is 2.28. The summed E-state index contributed by atoms with van der Waals surface area (Å²) < 4.78 is 5.21. The molecule has 0 aliphatic rings. The molecule has 0 spiro atoms. The van der Waals surface area contributed by atoms with E-state index in [2.05, 4.69) is 0 Å². The standard InChI is InChI=1S/C20H23NO3/c1-3-21(19(22)17-13-9-6-10-14-17)18(20(23)24-4-2)15-16-11-7-5-8-12-16/h5-14,18H,3-4,15H2,1-2H3. The van der Waals surface area contributed by atoms with Crippen LogP contribution in [0.1, 0.15) is 29.8 Å². The third kappa shape index (κ3) is 4.44. The van der Waals surface area contributed by atoms with Gasteiger partial charge in [-0.05, 0) is 31.5 Å². The molecular formula is C20H23NO3. The molecule has 0 radical (unpaired) electrons. The van der Waals surface area contributed by atoms with Gasteiger partial charge in [0.05, 0.1) is 6.61 Å². The van der Waals surface area contributed by atoms with E-state index in [-0.39, 0.29) is 11.9 Å². The summed E-state index contributed by atoms with van der Waals surface area (Å²) in [4.78, 5) is 26.9. The van der Waals surface area contributed by atoms with Crippen molar-refractivity contribution in [1.82, 2.24) is 4.90 Å². The lowest BCUT2D eigenvalue weighted by atomic mass is 10.0. The van der Waals surface area contributed by atoms with Crippen molar-refractivity contribution in [3.05, 3.63) is 71.8 Å². The molecule has 1 atom stereocenters. The largest absolute Gasteiger partial charge is 0.464 e. The highest BCUT2D eigenvalue weighted by Crippen LogP contribution is 2.15. The first-order chi connectivity index (χ1) is 11.7. The smallest absolute Gasteiger partial charge is 0.329 e. The zero-order valence-electron chi connectivity index (χ0n) is 14.1. The number of rotatable bonds is 7. The van der Waals surface area contributed by atoms with Crippen LogP contribution in [-0.4, -0.2) is 36.0 Å². The Labute approximate surface area is 143 Å². The molecule has 4 heteroatoms. The van der Waals surface area contributed by atoms with Gasteiger partial charge in [0.1, 0.15) is 6.04 Å². The second kappa shape index (κ2) is 8.87. The average molecular weight is 325 g/mol.